The largest absolute Gasteiger partial charge is 0.463 e. The van der Waals surface area contributed by atoms with Crippen LogP contribution in [-0.2, 0) is 11.3 Å². The molecule has 0 N–H and O–H groups in total. The monoisotopic (exact) mass is 354 g/mol. The van der Waals surface area contributed by atoms with E-state index >= 15 is 0 Å². The number of hydrogen-bond acceptors (Lipinski definition) is 5. The highest BCUT2D eigenvalue weighted by molar-refractivity contribution is 6.04. The van der Waals surface area contributed by atoms with Gasteiger partial charge in [-0.05, 0) is 42.0 Å². The Morgan fingerprint density at radius 3 is 2.78 bits per heavy atom. The van der Waals surface area contributed by atoms with Gasteiger partial charge in [0.2, 0.25) is 0 Å². The van der Waals surface area contributed by atoms with E-state index < -0.39 is 5.97 Å². The molecular weight excluding hydrogens is 340 g/mol. The van der Waals surface area contributed by atoms with Crippen LogP contribution in [0.1, 0.15) is 21.5 Å². The molecular formula is C22H14N2O3. The van der Waals surface area contributed by atoms with E-state index in [1.54, 1.807) is 42.7 Å². The van der Waals surface area contributed by atoms with Gasteiger partial charge in [-0.1, -0.05) is 30.3 Å². The Balaban J connectivity index is 1.67. The summed E-state index contributed by atoms with van der Waals surface area (Å²) < 4.78 is 10.9. The van der Waals surface area contributed by atoms with E-state index in [0.29, 0.717) is 33.5 Å². The summed E-state index contributed by atoms with van der Waals surface area (Å²) in [5.74, 6) is 0.125. The van der Waals surface area contributed by atoms with Gasteiger partial charge in [0.1, 0.15) is 12.3 Å². The molecule has 0 saturated carbocycles. The molecule has 0 aliphatic carbocycles. The van der Waals surface area contributed by atoms with Gasteiger partial charge >= 0.3 is 5.97 Å². The minimum absolute atomic E-state index is 0.0844. The average Bonchev–Trinajstić information content (AvgIpc) is 3.26. The Morgan fingerprint density at radius 1 is 1.07 bits per heavy atom. The molecule has 2 heterocycles. The van der Waals surface area contributed by atoms with Crippen molar-refractivity contribution < 1.29 is 13.9 Å². The van der Waals surface area contributed by atoms with E-state index in [1.165, 1.54) is 0 Å². The summed E-state index contributed by atoms with van der Waals surface area (Å²) in [6.45, 7) is 0.0844. The maximum Gasteiger partial charge on any atom is 0.339 e. The second-order valence-electron chi connectivity index (χ2n) is 5.94. The first-order valence-corrected chi connectivity index (χ1v) is 8.34. The van der Waals surface area contributed by atoms with Crippen molar-refractivity contribution in [2.24, 2.45) is 0 Å². The minimum Gasteiger partial charge on any atom is -0.463 e. The summed E-state index contributed by atoms with van der Waals surface area (Å²) in [5, 5.41) is 9.69. The Morgan fingerprint density at radius 2 is 1.96 bits per heavy atom. The predicted molar refractivity (Wildman–Crippen MR) is 99.7 cm³/mol. The van der Waals surface area contributed by atoms with Crippen LogP contribution < -0.4 is 0 Å². The Bertz CT molecular complexity index is 1160. The van der Waals surface area contributed by atoms with Gasteiger partial charge in [-0.15, -0.1) is 0 Å². The van der Waals surface area contributed by atoms with Gasteiger partial charge in [-0.25, -0.2) is 9.78 Å². The quantitative estimate of drug-likeness (QED) is 0.496. The predicted octanol–water partition coefficient (Wildman–Crippen LogP) is 4.72. The number of furan rings is 1. The molecule has 4 rings (SSSR count). The Labute approximate surface area is 155 Å². The summed E-state index contributed by atoms with van der Waals surface area (Å²) >= 11 is 0. The number of nitriles is 1. The van der Waals surface area contributed by atoms with E-state index in [1.807, 2.05) is 30.3 Å². The van der Waals surface area contributed by atoms with Crippen molar-refractivity contribution in [3.05, 3.63) is 89.7 Å². The number of carbonyl (C=O) groups excluding carboxylic acids is 1. The molecule has 0 bridgehead atoms. The highest BCUT2D eigenvalue weighted by Gasteiger charge is 2.16. The van der Waals surface area contributed by atoms with Crippen LogP contribution in [0.3, 0.4) is 0 Å². The number of ether oxygens (including phenoxy) is 1. The van der Waals surface area contributed by atoms with E-state index in [-0.39, 0.29) is 6.61 Å². The normalized spacial score (nSPS) is 10.5. The molecule has 5 nitrogen and oxygen atoms in total. The number of aromatic nitrogens is 1. The topological polar surface area (TPSA) is 76.1 Å². The van der Waals surface area contributed by atoms with Gasteiger partial charge < -0.3 is 9.15 Å². The van der Waals surface area contributed by atoms with E-state index in [4.69, 9.17) is 14.4 Å². The fourth-order valence-electron chi connectivity index (χ4n) is 2.85. The molecule has 0 aliphatic rings. The van der Waals surface area contributed by atoms with Crippen LogP contribution in [0.5, 0.6) is 0 Å². The first kappa shape index (κ1) is 16.6. The third kappa shape index (κ3) is 3.42. The van der Waals surface area contributed by atoms with E-state index in [9.17, 15) is 4.79 Å². The number of fused-ring (bicyclic) bond motifs is 1. The second-order valence-corrected chi connectivity index (χ2v) is 5.94. The lowest BCUT2D eigenvalue weighted by molar-refractivity contribution is 0.0475. The second kappa shape index (κ2) is 7.14. The molecule has 2 aromatic heterocycles. The third-order valence-corrected chi connectivity index (χ3v) is 4.14. The summed E-state index contributed by atoms with van der Waals surface area (Å²) in [4.78, 5) is 17.3. The lowest BCUT2D eigenvalue weighted by Gasteiger charge is -2.09. The number of carbonyl (C=O) groups is 1. The number of benzene rings is 2. The molecule has 0 aliphatic heterocycles. The minimum atomic E-state index is -0.455. The van der Waals surface area contributed by atoms with Crippen LogP contribution >= 0.6 is 0 Å². The molecule has 0 unspecified atom stereocenters. The maximum atomic E-state index is 12.8. The molecule has 0 fully saturated rings. The SMILES string of the molecule is N#Cc1cccc(COC(=O)c2cc(-c3ccco3)nc3ccccc23)c1. The van der Waals surface area contributed by atoms with E-state index in [0.717, 1.165) is 5.56 Å². The van der Waals surface area contributed by atoms with Crippen molar-refractivity contribution in [1.82, 2.24) is 4.98 Å². The van der Waals surface area contributed by atoms with Crippen LogP contribution in [-0.4, -0.2) is 11.0 Å². The van der Waals surface area contributed by atoms with Crippen molar-refractivity contribution in [3.8, 4) is 17.5 Å². The van der Waals surface area contributed by atoms with Gasteiger partial charge in [-0.2, -0.15) is 5.26 Å². The van der Waals surface area contributed by atoms with Gasteiger partial charge in [0.25, 0.3) is 0 Å². The van der Waals surface area contributed by atoms with Gasteiger partial charge in [0.05, 0.1) is 29.0 Å². The fourth-order valence-corrected chi connectivity index (χ4v) is 2.85. The molecule has 130 valence electrons. The number of esters is 1. The number of nitrogens with zero attached hydrogens (tertiary/aromatic N) is 2. The Hall–Kier alpha value is -3.91. The molecule has 0 radical (unpaired) electrons. The molecule has 0 atom stereocenters. The zero-order valence-corrected chi connectivity index (χ0v) is 14.3. The first-order valence-electron chi connectivity index (χ1n) is 8.34. The van der Waals surface area contributed by atoms with Crippen LogP contribution in [0, 0.1) is 11.3 Å². The first-order chi connectivity index (χ1) is 13.2. The average molecular weight is 354 g/mol. The van der Waals surface area contributed by atoms with Crippen LogP contribution in [0.25, 0.3) is 22.4 Å². The molecule has 0 spiro atoms. The third-order valence-electron chi connectivity index (χ3n) is 4.14. The van der Waals surface area contributed by atoms with Crippen molar-refractivity contribution >= 4 is 16.9 Å². The van der Waals surface area contributed by atoms with E-state index in [2.05, 4.69) is 11.1 Å². The van der Waals surface area contributed by atoms with Crippen molar-refractivity contribution in [2.75, 3.05) is 0 Å². The van der Waals surface area contributed by atoms with Crippen molar-refractivity contribution in [3.63, 3.8) is 0 Å². The van der Waals surface area contributed by atoms with Crippen molar-refractivity contribution in [1.29, 1.82) is 5.26 Å². The smallest absolute Gasteiger partial charge is 0.339 e. The van der Waals surface area contributed by atoms with Gasteiger partial charge in [0, 0.05) is 5.39 Å². The number of para-hydroxylation sites is 1. The molecule has 4 aromatic rings. The molecule has 2 aromatic carbocycles. The molecule has 5 heteroatoms. The summed E-state index contributed by atoms with van der Waals surface area (Å²) in [5.41, 5.74) is 2.95. The standard InChI is InChI=1S/C22H14N2O3/c23-13-15-5-3-6-16(11-15)14-27-22(25)18-12-20(21-9-4-10-26-21)24-19-8-2-1-7-17(18)19/h1-12H,14H2. The highest BCUT2D eigenvalue weighted by Crippen LogP contribution is 2.26. The molecule has 0 saturated heterocycles. The van der Waals surface area contributed by atoms with Crippen LogP contribution in [0.4, 0.5) is 0 Å². The van der Waals surface area contributed by atoms with Crippen molar-refractivity contribution in [2.45, 2.75) is 6.61 Å². The lowest BCUT2D eigenvalue weighted by atomic mass is 10.1. The van der Waals surface area contributed by atoms with Crippen LogP contribution in [0.15, 0.2) is 77.4 Å². The van der Waals surface area contributed by atoms with Gasteiger partial charge in [0.15, 0.2) is 5.76 Å². The summed E-state index contributed by atoms with van der Waals surface area (Å²) in [6.07, 6.45) is 1.56. The lowest BCUT2D eigenvalue weighted by Crippen LogP contribution is -2.07. The molecule has 0 amide bonds. The fraction of sp³-hybridized carbons (Fsp3) is 0.0455. The van der Waals surface area contributed by atoms with Crippen LogP contribution in [0.2, 0.25) is 0 Å². The highest BCUT2D eigenvalue weighted by atomic mass is 16.5. The zero-order valence-electron chi connectivity index (χ0n) is 14.3. The number of rotatable bonds is 4. The Kier molecular flexibility index (Phi) is 4.38. The number of hydrogen-bond donors (Lipinski definition) is 0. The summed E-state index contributed by atoms with van der Waals surface area (Å²) in [7, 11) is 0. The van der Waals surface area contributed by atoms with Gasteiger partial charge in [-0.3, -0.25) is 0 Å². The molecule has 27 heavy (non-hydrogen) atoms. The summed E-state index contributed by atoms with van der Waals surface area (Å²) in [6, 6.07) is 21.7. The number of pyridine rings is 1. The maximum absolute atomic E-state index is 12.8. The zero-order chi connectivity index (χ0) is 18.6.